The number of nitrogens with zero attached hydrogens (tertiary/aromatic N) is 3. The van der Waals surface area contributed by atoms with Gasteiger partial charge in [-0.2, -0.15) is 4.52 Å². The number of aryl methyl sites for hydroxylation is 1. The van der Waals surface area contributed by atoms with Crippen LogP contribution in [0.2, 0.25) is 5.02 Å². The van der Waals surface area contributed by atoms with Crippen LogP contribution in [-0.4, -0.2) is 44.0 Å². The fourth-order valence-corrected chi connectivity index (χ4v) is 4.84. The fourth-order valence-electron chi connectivity index (χ4n) is 3.53. The van der Waals surface area contributed by atoms with Gasteiger partial charge in [0.05, 0.1) is 19.2 Å². The molecule has 0 bridgehead atoms. The number of aromatic nitrogens is 3. The van der Waals surface area contributed by atoms with E-state index in [-0.39, 0.29) is 18.0 Å². The molecule has 0 unspecified atom stereocenters. The van der Waals surface area contributed by atoms with Crippen LogP contribution < -0.4 is 4.90 Å². The summed E-state index contributed by atoms with van der Waals surface area (Å²) in [5, 5.41) is 25.6. The van der Waals surface area contributed by atoms with Crippen molar-refractivity contribution in [2.45, 2.75) is 31.9 Å². The second kappa shape index (κ2) is 6.57. The van der Waals surface area contributed by atoms with Crippen LogP contribution in [-0.2, 0) is 0 Å². The number of piperidine rings is 1. The minimum absolute atomic E-state index is 0.0291. The average Bonchev–Trinajstić information content (AvgIpc) is 3.09. The van der Waals surface area contributed by atoms with Crippen LogP contribution in [0.5, 0.6) is 5.88 Å². The number of fused-ring (bicyclic) bond motifs is 1. The molecule has 8 heteroatoms. The van der Waals surface area contributed by atoms with E-state index in [0.717, 1.165) is 36.4 Å². The summed E-state index contributed by atoms with van der Waals surface area (Å²) in [5.74, 6) is 0.795. The maximum atomic E-state index is 10.8. The van der Waals surface area contributed by atoms with Crippen molar-refractivity contribution >= 4 is 27.9 Å². The van der Waals surface area contributed by atoms with E-state index in [2.05, 4.69) is 10.1 Å². The van der Waals surface area contributed by atoms with Crippen LogP contribution in [0.4, 0.5) is 0 Å². The molecule has 0 amide bonds. The van der Waals surface area contributed by atoms with Crippen LogP contribution >= 0.6 is 22.9 Å². The number of aliphatic hydroxyl groups is 1. The molecule has 3 heterocycles. The highest BCUT2D eigenvalue weighted by Gasteiger charge is 2.35. The molecular formula is C17H20ClN4O2S+. The molecular weight excluding hydrogens is 360 g/mol. The smallest absolute Gasteiger partial charge is 0.235 e. The lowest BCUT2D eigenvalue weighted by molar-refractivity contribution is -0.931. The Kier molecular flexibility index (Phi) is 4.41. The van der Waals surface area contributed by atoms with Crippen molar-refractivity contribution in [1.29, 1.82) is 0 Å². The Morgan fingerprint density at radius 2 is 1.96 bits per heavy atom. The van der Waals surface area contributed by atoms with E-state index in [1.54, 1.807) is 0 Å². The summed E-state index contributed by atoms with van der Waals surface area (Å²) in [6.07, 6.45) is 1.30. The Hall–Kier alpha value is -1.67. The summed E-state index contributed by atoms with van der Waals surface area (Å²) >= 11 is 7.52. The predicted octanol–water partition coefficient (Wildman–Crippen LogP) is 1.59. The Morgan fingerprint density at radius 1 is 1.28 bits per heavy atom. The number of benzene rings is 1. The number of aromatic hydroxyl groups is 1. The van der Waals surface area contributed by atoms with Crippen molar-refractivity contribution in [3.8, 4) is 5.88 Å². The van der Waals surface area contributed by atoms with Gasteiger partial charge in [0.25, 0.3) is 0 Å². The molecule has 4 rings (SSSR count). The largest absolute Gasteiger partial charge is 0.492 e. The van der Waals surface area contributed by atoms with Crippen LogP contribution in [0.1, 0.15) is 35.1 Å². The number of halogens is 1. The summed E-state index contributed by atoms with van der Waals surface area (Å²) in [6, 6.07) is 7.73. The molecule has 1 fully saturated rings. The van der Waals surface area contributed by atoms with Crippen molar-refractivity contribution in [1.82, 2.24) is 14.6 Å². The Bertz CT molecular complexity index is 884. The Balaban J connectivity index is 1.79. The molecule has 132 valence electrons. The lowest BCUT2D eigenvalue weighted by atomic mass is 9.99. The summed E-state index contributed by atoms with van der Waals surface area (Å²) < 4.78 is 1.51. The Labute approximate surface area is 154 Å². The Morgan fingerprint density at radius 3 is 2.60 bits per heavy atom. The SMILES string of the molecule is Cc1nc2sc([C@H](c3ccc(Cl)cc3)[NH+]3CCC(O)CC3)c(O)n2n1. The molecule has 0 aliphatic carbocycles. The van der Waals surface area contributed by atoms with Crippen LogP contribution in [0.15, 0.2) is 24.3 Å². The van der Waals surface area contributed by atoms with Crippen LogP contribution in [0.3, 0.4) is 0 Å². The first kappa shape index (κ1) is 16.8. The van der Waals surface area contributed by atoms with Crippen molar-refractivity contribution in [2.24, 2.45) is 0 Å². The lowest BCUT2D eigenvalue weighted by Crippen LogP contribution is -3.13. The zero-order valence-electron chi connectivity index (χ0n) is 13.8. The summed E-state index contributed by atoms with van der Waals surface area (Å²) in [6.45, 7) is 3.51. The molecule has 3 N–H and O–H groups in total. The first-order valence-electron chi connectivity index (χ1n) is 8.36. The van der Waals surface area contributed by atoms with Gasteiger partial charge in [-0.15, -0.1) is 5.10 Å². The third-order valence-electron chi connectivity index (χ3n) is 4.78. The molecule has 2 aromatic heterocycles. The van der Waals surface area contributed by atoms with Gasteiger partial charge < -0.3 is 15.1 Å². The normalized spacial score (nSPS) is 22.4. The number of rotatable bonds is 3. The third kappa shape index (κ3) is 3.13. The number of hydrogen-bond acceptors (Lipinski definition) is 5. The molecule has 0 spiro atoms. The molecule has 6 nitrogen and oxygen atoms in total. The second-order valence-electron chi connectivity index (χ2n) is 6.52. The van der Waals surface area contributed by atoms with E-state index in [4.69, 9.17) is 11.6 Å². The molecule has 3 aromatic rings. The molecule has 0 saturated carbocycles. The van der Waals surface area contributed by atoms with E-state index in [0.29, 0.717) is 15.8 Å². The number of hydrogen-bond donors (Lipinski definition) is 3. The van der Waals surface area contributed by atoms with E-state index >= 15 is 0 Å². The maximum Gasteiger partial charge on any atom is 0.235 e. The summed E-state index contributed by atoms with van der Waals surface area (Å²) in [5.41, 5.74) is 1.09. The highest BCUT2D eigenvalue weighted by atomic mass is 35.5. The zero-order chi connectivity index (χ0) is 17.6. The molecule has 1 aliphatic rings. The number of quaternary nitrogens is 1. The van der Waals surface area contributed by atoms with Gasteiger partial charge in [-0.1, -0.05) is 35.1 Å². The molecule has 1 aliphatic heterocycles. The number of thiazole rings is 1. The minimum atomic E-state index is -0.229. The van der Waals surface area contributed by atoms with Gasteiger partial charge in [0.2, 0.25) is 10.8 Å². The molecule has 0 radical (unpaired) electrons. The monoisotopic (exact) mass is 379 g/mol. The van der Waals surface area contributed by atoms with Gasteiger partial charge >= 0.3 is 0 Å². The third-order valence-corrected chi connectivity index (χ3v) is 6.11. The van der Waals surface area contributed by atoms with Gasteiger partial charge in [0, 0.05) is 23.4 Å². The van der Waals surface area contributed by atoms with E-state index in [9.17, 15) is 10.2 Å². The van der Waals surface area contributed by atoms with Crippen LogP contribution in [0, 0.1) is 6.92 Å². The van der Waals surface area contributed by atoms with Gasteiger partial charge in [0.15, 0.2) is 6.04 Å². The number of aliphatic hydroxyl groups excluding tert-OH is 1. The molecule has 1 atom stereocenters. The fraction of sp³-hybridized carbons (Fsp3) is 0.412. The van der Waals surface area contributed by atoms with Crippen LogP contribution in [0.25, 0.3) is 4.96 Å². The van der Waals surface area contributed by atoms with Gasteiger partial charge in [-0.05, 0) is 19.1 Å². The quantitative estimate of drug-likeness (QED) is 0.646. The van der Waals surface area contributed by atoms with Gasteiger partial charge in [-0.3, -0.25) is 0 Å². The first-order chi connectivity index (χ1) is 12.0. The van der Waals surface area contributed by atoms with Crippen molar-refractivity contribution in [3.63, 3.8) is 0 Å². The van der Waals surface area contributed by atoms with Crippen molar-refractivity contribution in [2.75, 3.05) is 13.1 Å². The summed E-state index contributed by atoms with van der Waals surface area (Å²) in [7, 11) is 0. The topological polar surface area (TPSA) is 75.1 Å². The van der Waals surface area contributed by atoms with Crippen molar-refractivity contribution in [3.05, 3.63) is 45.6 Å². The second-order valence-corrected chi connectivity index (χ2v) is 7.96. The van der Waals surface area contributed by atoms with E-state index in [1.807, 2.05) is 31.2 Å². The minimum Gasteiger partial charge on any atom is -0.492 e. The molecule has 1 saturated heterocycles. The van der Waals surface area contributed by atoms with E-state index in [1.165, 1.54) is 20.8 Å². The van der Waals surface area contributed by atoms with Gasteiger partial charge in [-0.25, -0.2) is 4.98 Å². The zero-order valence-corrected chi connectivity index (χ0v) is 15.4. The number of likely N-dealkylation sites (tertiary alicyclic amines) is 1. The molecule has 1 aromatic carbocycles. The highest BCUT2D eigenvalue weighted by Crippen LogP contribution is 2.35. The standard InChI is InChI=1S/C17H19ClN4O2S/c1-10-19-17-22(20-10)16(24)15(25-17)14(11-2-4-12(18)5-3-11)21-8-6-13(23)7-9-21/h2-5,13-14,23-24H,6-9H2,1H3/p+1/t14-/m0/s1. The molecule has 25 heavy (non-hydrogen) atoms. The summed E-state index contributed by atoms with van der Waals surface area (Å²) in [4.78, 5) is 7.25. The first-order valence-corrected chi connectivity index (χ1v) is 9.55. The predicted molar refractivity (Wildman–Crippen MR) is 96.5 cm³/mol. The number of nitrogens with one attached hydrogen (secondary N) is 1. The average molecular weight is 380 g/mol. The van der Waals surface area contributed by atoms with Gasteiger partial charge in [0.1, 0.15) is 10.7 Å². The maximum absolute atomic E-state index is 10.8. The van der Waals surface area contributed by atoms with Crippen molar-refractivity contribution < 1.29 is 15.1 Å². The van der Waals surface area contributed by atoms with E-state index < -0.39 is 0 Å². The lowest BCUT2D eigenvalue weighted by Gasteiger charge is -2.33. The highest BCUT2D eigenvalue weighted by molar-refractivity contribution is 7.17.